The number of rotatable bonds is 6. The van der Waals surface area contributed by atoms with Crippen LogP contribution in [0.1, 0.15) is 12.5 Å². The molecule has 8 heteroatoms. The number of halogens is 1. The zero-order chi connectivity index (χ0) is 14.6. The van der Waals surface area contributed by atoms with Gasteiger partial charge in [0.2, 0.25) is 15.9 Å². The maximum absolute atomic E-state index is 12.1. The number of thiophene rings is 1. The van der Waals surface area contributed by atoms with Gasteiger partial charge in [-0.3, -0.25) is 0 Å². The molecule has 2 heterocycles. The Morgan fingerprint density at radius 3 is 2.85 bits per heavy atom. The van der Waals surface area contributed by atoms with Crippen LogP contribution in [0.5, 0.6) is 5.88 Å². The number of nitrogens with zero attached hydrogens (tertiary/aromatic N) is 1. The first-order chi connectivity index (χ1) is 9.53. The Labute approximate surface area is 130 Å². The molecule has 108 valence electrons. The molecule has 0 aromatic carbocycles. The summed E-state index contributed by atoms with van der Waals surface area (Å²) in [5.74, 6) is 0.449. The van der Waals surface area contributed by atoms with E-state index in [4.69, 9.17) is 4.74 Å². The third-order valence-electron chi connectivity index (χ3n) is 2.40. The Balaban J connectivity index is 2.12. The van der Waals surface area contributed by atoms with E-state index in [-0.39, 0.29) is 10.8 Å². The van der Waals surface area contributed by atoms with Crippen molar-refractivity contribution in [3.63, 3.8) is 0 Å². The summed E-state index contributed by atoms with van der Waals surface area (Å²) in [6.45, 7) is 2.47. The summed E-state index contributed by atoms with van der Waals surface area (Å²) in [6, 6.07) is 6.79. The average molecular weight is 377 g/mol. The van der Waals surface area contributed by atoms with E-state index in [1.54, 1.807) is 30.5 Å². The van der Waals surface area contributed by atoms with E-state index >= 15 is 0 Å². The van der Waals surface area contributed by atoms with E-state index in [2.05, 4.69) is 25.6 Å². The van der Waals surface area contributed by atoms with E-state index in [1.165, 1.54) is 0 Å². The molecular weight excluding hydrogens is 364 g/mol. The number of nitrogens with one attached hydrogen (secondary N) is 1. The van der Waals surface area contributed by atoms with Gasteiger partial charge in [-0.05, 0) is 41.1 Å². The molecule has 0 radical (unpaired) electrons. The molecule has 0 bridgehead atoms. The monoisotopic (exact) mass is 376 g/mol. The lowest BCUT2D eigenvalue weighted by Gasteiger charge is -2.09. The molecule has 0 unspecified atom stereocenters. The van der Waals surface area contributed by atoms with Crippen molar-refractivity contribution in [2.24, 2.45) is 0 Å². The van der Waals surface area contributed by atoms with Gasteiger partial charge in [-0.15, -0.1) is 11.3 Å². The second-order valence-electron chi connectivity index (χ2n) is 3.78. The molecule has 20 heavy (non-hydrogen) atoms. The first kappa shape index (κ1) is 15.4. The topological polar surface area (TPSA) is 68.3 Å². The van der Waals surface area contributed by atoms with Gasteiger partial charge in [-0.1, -0.05) is 6.07 Å². The summed E-state index contributed by atoms with van der Waals surface area (Å²) in [5.41, 5.74) is 0.702. The van der Waals surface area contributed by atoms with E-state index < -0.39 is 10.0 Å². The van der Waals surface area contributed by atoms with Gasteiger partial charge in [0.05, 0.1) is 10.4 Å². The minimum atomic E-state index is -3.51. The van der Waals surface area contributed by atoms with E-state index in [0.29, 0.717) is 18.1 Å². The number of ether oxygens (including phenoxy) is 1. The Kier molecular flexibility index (Phi) is 5.14. The maximum atomic E-state index is 12.1. The largest absolute Gasteiger partial charge is 0.478 e. The number of sulfonamides is 1. The van der Waals surface area contributed by atoms with Gasteiger partial charge >= 0.3 is 0 Å². The second-order valence-corrected chi connectivity index (χ2v) is 8.24. The highest BCUT2D eigenvalue weighted by atomic mass is 79.9. The highest BCUT2D eigenvalue weighted by Gasteiger charge is 2.17. The van der Waals surface area contributed by atoms with E-state index in [1.807, 2.05) is 6.92 Å². The van der Waals surface area contributed by atoms with Crippen molar-refractivity contribution in [2.75, 3.05) is 6.61 Å². The molecule has 2 aromatic rings. The zero-order valence-electron chi connectivity index (χ0n) is 10.7. The van der Waals surface area contributed by atoms with Crippen molar-refractivity contribution in [2.45, 2.75) is 17.7 Å². The van der Waals surface area contributed by atoms with Gasteiger partial charge in [0.15, 0.2) is 0 Å². The lowest BCUT2D eigenvalue weighted by molar-refractivity contribution is 0.322. The fraction of sp³-hybridized carbons (Fsp3) is 0.250. The summed E-state index contributed by atoms with van der Waals surface area (Å²) < 4.78 is 33.2. The molecule has 0 aliphatic carbocycles. The maximum Gasteiger partial charge on any atom is 0.250 e. The summed E-state index contributed by atoms with van der Waals surface area (Å²) >= 11 is 4.41. The zero-order valence-corrected chi connectivity index (χ0v) is 13.9. The van der Waals surface area contributed by atoms with Crippen LogP contribution < -0.4 is 9.46 Å². The molecule has 0 aliphatic heterocycles. The van der Waals surface area contributed by atoms with Crippen LogP contribution >= 0.6 is 27.3 Å². The fourth-order valence-electron chi connectivity index (χ4n) is 1.51. The lowest BCUT2D eigenvalue weighted by Crippen LogP contribution is -2.22. The minimum absolute atomic E-state index is 0.140. The minimum Gasteiger partial charge on any atom is -0.478 e. The van der Waals surface area contributed by atoms with E-state index in [0.717, 1.165) is 15.1 Å². The third-order valence-corrected chi connectivity index (χ3v) is 5.91. The van der Waals surface area contributed by atoms with Crippen LogP contribution in [0.3, 0.4) is 0 Å². The average Bonchev–Trinajstić information content (AvgIpc) is 2.86. The first-order valence-electron chi connectivity index (χ1n) is 5.84. The van der Waals surface area contributed by atoms with Crippen molar-refractivity contribution in [1.82, 2.24) is 9.71 Å². The standard InChI is InChI=1S/C12H13BrN2O3S2/c1-2-18-12-9(4-3-7-14-12)8-15-20(16,17)11-6-5-10(13)19-11/h3-7,15H,2,8H2,1H3. The number of aromatic nitrogens is 1. The van der Waals surface area contributed by atoms with Gasteiger partial charge in [0.25, 0.3) is 0 Å². The Morgan fingerprint density at radius 1 is 1.40 bits per heavy atom. The molecule has 0 saturated carbocycles. The van der Waals surface area contributed by atoms with Gasteiger partial charge in [-0.25, -0.2) is 18.1 Å². The normalized spacial score (nSPS) is 11.5. The predicted molar refractivity (Wildman–Crippen MR) is 81.5 cm³/mol. The van der Waals surface area contributed by atoms with Crippen LogP contribution in [0.4, 0.5) is 0 Å². The van der Waals surface area contributed by atoms with Crippen LogP contribution in [0.15, 0.2) is 38.5 Å². The van der Waals surface area contributed by atoms with Crippen LogP contribution in [0, 0.1) is 0 Å². The first-order valence-corrected chi connectivity index (χ1v) is 8.94. The summed E-state index contributed by atoms with van der Waals surface area (Å²) in [4.78, 5) is 4.08. The SMILES string of the molecule is CCOc1ncccc1CNS(=O)(=O)c1ccc(Br)s1. The molecule has 0 spiro atoms. The molecule has 0 saturated heterocycles. The number of hydrogen-bond donors (Lipinski definition) is 1. The summed E-state index contributed by atoms with van der Waals surface area (Å²) in [5, 5.41) is 0. The third kappa shape index (κ3) is 3.78. The molecule has 5 nitrogen and oxygen atoms in total. The fourth-order valence-corrected chi connectivity index (χ4v) is 4.57. The van der Waals surface area contributed by atoms with Crippen LogP contribution in [-0.2, 0) is 16.6 Å². The molecule has 0 atom stereocenters. The van der Waals surface area contributed by atoms with Crippen LogP contribution in [0.2, 0.25) is 0 Å². The number of pyridine rings is 1. The molecule has 1 N–H and O–H groups in total. The lowest BCUT2D eigenvalue weighted by atomic mass is 10.3. The van der Waals surface area contributed by atoms with Crippen molar-refractivity contribution >= 4 is 37.3 Å². The van der Waals surface area contributed by atoms with Crippen LogP contribution in [0.25, 0.3) is 0 Å². The van der Waals surface area contributed by atoms with Gasteiger partial charge in [0, 0.05) is 18.3 Å². The molecule has 2 rings (SSSR count). The Hall–Kier alpha value is -0.960. The van der Waals surface area contributed by atoms with Gasteiger partial charge in [-0.2, -0.15) is 0 Å². The van der Waals surface area contributed by atoms with Crippen molar-refractivity contribution in [3.05, 3.63) is 39.8 Å². The molecule has 0 amide bonds. The Morgan fingerprint density at radius 2 is 2.20 bits per heavy atom. The van der Waals surface area contributed by atoms with Crippen LogP contribution in [-0.4, -0.2) is 20.0 Å². The van der Waals surface area contributed by atoms with Crippen molar-refractivity contribution < 1.29 is 13.2 Å². The molecule has 0 aliphatic rings. The van der Waals surface area contributed by atoms with E-state index in [9.17, 15) is 8.42 Å². The van der Waals surface area contributed by atoms with Crippen molar-refractivity contribution in [3.8, 4) is 5.88 Å². The predicted octanol–water partition coefficient (Wildman–Crippen LogP) is 2.78. The highest BCUT2D eigenvalue weighted by molar-refractivity contribution is 9.11. The number of hydrogen-bond acceptors (Lipinski definition) is 5. The van der Waals surface area contributed by atoms with Crippen molar-refractivity contribution in [1.29, 1.82) is 0 Å². The smallest absolute Gasteiger partial charge is 0.250 e. The van der Waals surface area contributed by atoms with Gasteiger partial charge < -0.3 is 4.74 Å². The summed E-state index contributed by atoms with van der Waals surface area (Å²) in [7, 11) is -3.51. The van der Waals surface area contributed by atoms with Gasteiger partial charge in [0.1, 0.15) is 4.21 Å². The molecular formula is C12H13BrN2O3S2. The quantitative estimate of drug-likeness (QED) is 0.841. The highest BCUT2D eigenvalue weighted by Crippen LogP contribution is 2.26. The summed E-state index contributed by atoms with van der Waals surface area (Å²) in [6.07, 6.45) is 1.61. The molecule has 0 fully saturated rings. The molecule has 2 aromatic heterocycles. The Bertz CT molecular complexity index is 686. The second kappa shape index (κ2) is 6.66.